The van der Waals surface area contributed by atoms with Gasteiger partial charge in [-0.2, -0.15) is 0 Å². The maximum atomic E-state index is 9.63. The molecule has 0 atom stereocenters. The summed E-state index contributed by atoms with van der Waals surface area (Å²) in [6.45, 7) is 0. The SMILES string of the molecule is CN(C)c1ncnc2c(O)ccc(Cl)c12. The van der Waals surface area contributed by atoms with E-state index in [1.807, 2.05) is 19.0 Å². The summed E-state index contributed by atoms with van der Waals surface area (Å²) < 4.78 is 0. The molecule has 4 nitrogen and oxygen atoms in total. The van der Waals surface area contributed by atoms with Gasteiger partial charge in [0.25, 0.3) is 0 Å². The molecule has 0 bridgehead atoms. The number of rotatable bonds is 1. The van der Waals surface area contributed by atoms with Crippen LogP contribution in [-0.4, -0.2) is 29.2 Å². The fraction of sp³-hybridized carbons (Fsp3) is 0.200. The molecule has 5 heteroatoms. The highest BCUT2D eigenvalue weighted by Crippen LogP contribution is 2.33. The molecule has 0 aliphatic rings. The molecule has 0 fully saturated rings. The smallest absolute Gasteiger partial charge is 0.142 e. The summed E-state index contributed by atoms with van der Waals surface area (Å²) in [5.74, 6) is 0.806. The lowest BCUT2D eigenvalue weighted by molar-refractivity contribution is 0.480. The normalized spacial score (nSPS) is 10.6. The highest BCUT2D eigenvalue weighted by molar-refractivity contribution is 6.36. The Hall–Kier alpha value is -1.55. The largest absolute Gasteiger partial charge is 0.506 e. The molecular formula is C10H10ClN3O. The molecule has 0 aliphatic carbocycles. The lowest BCUT2D eigenvalue weighted by Gasteiger charge is -2.14. The van der Waals surface area contributed by atoms with Crippen LogP contribution in [0.5, 0.6) is 5.75 Å². The Morgan fingerprint density at radius 1 is 1.27 bits per heavy atom. The summed E-state index contributed by atoms with van der Waals surface area (Å²) >= 11 is 6.06. The first-order valence-electron chi connectivity index (χ1n) is 4.40. The Labute approximate surface area is 92.1 Å². The van der Waals surface area contributed by atoms with E-state index in [9.17, 15) is 5.11 Å². The Morgan fingerprint density at radius 2 is 2.00 bits per heavy atom. The van der Waals surface area contributed by atoms with E-state index in [-0.39, 0.29) is 5.75 Å². The van der Waals surface area contributed by atoms with Crippen LogP contribution in [0, 0.1) is 0 Å². The van der Waals surface area contributed by atoms with Crippen molar-refractivity contribution in [2.24, 2.45) is 0 Å². The number of phenols is 1. The van der Waals surface area contributed by atoms with Crippen molar-refractivity contribution < 1.29 is 5.11 Å². The fourth-order valence-corrected chi connectivity index (χ4v) is 1.68. The molecule has 1 heterocycles. The van der Waals surface area contributed by atoms with Gasteiger partial charge in [-0.3, -0.25) is 0 Å². The highest BCUT2D eigenvalue weighted by Gasteiger charge is 2.11. The minimum atomic E-state index is 0.111. The molecule has 0 aliphatic heterocycles. The Morgan fingerprint density at radius 3 is 2.67 bits per heavy atom. The van der Waals surface area contributed by atoms with E-state index in [0.29, 0.717) is 21.7 Å². The van der Waals surface area contributed by atoms with Gasteiger partial charge in [-0.15, -0.1) is 0 Å². The predicted molar refractivity (Wildman–Crippen MR) is 60.5 cm³/mol. The fourth-order valence-electron chi connectivity index (χ4n) is 1.44. The van der Waals surface area contributed by atoms with E-state index < -0.39 is 0 Å². The van der Waals surface area contributed by atoms with Crippen LogP contribution in [0.15, 0.2) is 18.5 Å². The first kappa shape index (κ1) is 9.98. The summed E-state index contributed by atoms with van der Waals surface area (Å²) in [6.07, 6.45) is 1.41. The molecule has 2 aromatic rings. The summed E-state index contributed by atoms with van der Waals surface area (Å²) in [5, 5.41) is 10.8. The third kappa shape index (κ3) is 1.57. The van der Waals surface area contributed by atoms with Crippen molar-refractivity contribution in [2.45, 2.75) is 0 Å². The van der Waals surface area contributed by atoms with Crippen LogP contribution in [0.25, 0.3) is 10.9 Å². The van der Waals surface area contributed by atoms with Gasteiger partial charge in [0.05, 0.1) is 10.4 Å². The first-order chi connectivity index (χ1) is 7.11. The molecular weight excluding hydrogens is 214 g/mol. The maximum Gasteiger partial charge on any atom is 0.142 e. The standard InChI is InChI=1S/C10H10ClN3O/c1-14(2)10-8-6(11)3-4-7(15)9(8)12-5-13-10/h3-5,15H,1-2H3. The van der Waals surface area contributed by atoms with Gasteiger partial charge in [0.1, 0.15) is 23.4 Å². The van der Waals surface area contributed by atoms with Gasteiger partial charge in [0.2, 0.25) is 0 Å². The van der Waals surface area contributed by atoms with Gasteiger partial charge < -0.3 is 10.0 Å². The van der Waals surface area contributed by atoms with Gasteiger partial charge in [-0.25, -0.2) is 9.97 Å². The van der Waals surface area contributed by atoms with Gasteiger partial charge >= 0.3 is 0 Å². The predicted octanol–water partition coefficient (Wildman–Crippen LogP) is 2.05. The zero-order chi connectivity index (χ0) is 11.0. The monoisotopic (exact) mass is 223 g/mol. The van der Waals surface area contributed by atoms with Crippen molar-refractivity contribution in [2.75, 3.05) is 19.0 Å². The third-order valence-electron chi connectivity index (χ3n) is 2.12. The summed E-state index contributed by atoms with van der Waals surface area (Å²) in [7, 11) is 3.73. The first-order valence-corrected chi connectivity index (χ1v) is 4.78. The number of anilines is 1. The second-order valence-corrected chi connectivity index (χ2v) is 3.79. The second kappa shape index (κ2) is 3.55. The van der Waals surface area contributed by atoms with E-state index in [1.165, 1.54) is 12.4 Å². The van der Waals surface area contributed by atoms with Crippen LogP contribution in [-0.2, 0) is 0 Å². The van der Waals surface area contributed by atoms with Gasteiger partial charge in [-0.05, 0) is 12.1 Å². The Bertz CT molecular complexity index is 513. The number of aromatic hydroxyl groups is 1. The third-order valence-corrected chi connectivity index (χ3v) is 2.43. The average molecular weight is 224 g/mol. The van der Waals surface area contributed by atoms with Crippen molar-refractivity contribution in [3.63, 3.8) is 0 Å². The molecule has 1 aromatic heterocycles. The van der Waals surface area contributed by atoms with Gasteiger partial charge in [-0.1, -0.05) is 11.6 Å². The molecule has 0 spiro atoms. The van der Waals surface area contributed by atoms with Crippen molar-refractivity contribution in [3.05, 3.63) is 23.5 Å². The second-order valence-electron chi connectivity index (χ2n) is 3.38. The minimum Gasteiger partial charge on any atom is -0.506 e. The van der Waals surface area contributed by atoms with Crippen LogP contribution >= 0.6 is 11.6 Å². The zero-order valence-electron chi connectivity index (χ0n) is 8.40. The number of fused-ring (bicyclic) bond motifs is 1. The number of nitrogens with zero attached hydrogens (tertiary/aromatic N) is 3. The molecule has 78 valence electrons. The molecule has 0 saturated carbocycles. The van der Waals surface area contributed by atoms with E-state index in [1.54, 1.807) is 6.07 Å². The molecule has 0 unspecified atom stereocenters. The van der Waals surface area contributed by atoms with Crippen molar-refractivity contribution in [1.82, 2.24) is 9.97 Å². The number of phenolic OH excluding ortho intramolecular Hbond substituents is 1. The van der Waals surface area contributed by atoms with Crippen LogP contribution in [0.3, 0.4) is 0 Å². The van der Waals surface area contributed by atoms with Crippen molar-refractivity contribution >= 4 is 28.3 Å². The molecule has 1 N–H and O–H groups in total. The van der Waals surface area contributed by atoms with Crippen molar-refractivity contribution in [1.29, 1.82) is 0 Å². The topological polar surface area (TPSA) is 49.2 Å². The van der Waals surface area contributed by atoms with Crippen LogP contribution in [0.4, 0.5) is 5.82 Å². The number of halogens is 1. The molecule has 0 saturated heterocycles. The Kier molecular flexibility index (Phi) is 2.36. The number of benzene rings is 1. The zero-order valence-corrected chi connectivity index (χ0v) is 9.15. The lowest BCUT2D eigenvalue weighted by atomic mass is 10.2. The molecule has 0 radical (unpaired) electrons. The number of aromatic nitrogens is 2. The van der Waals surface area contributed by atoms with Crippen LogP contribution in [0.2, 0.25) is 5.02 Å². The molecule has 2 rings (SSSR count). The molecule has 0 amide bonds. The van der Waals surface area contributed by atoms with Crippen LogP contribution in [0.1, 0.15) is 0 Å². The minimum absolute atomic E-state index is 0.111. The summed E-state index contributed by atoms with van der Waals surface area (Å²) in [5.41, 5.74) is 0.473. The summed E-state index contributed by atoms with van der Waals surface area (Å²) in [6, 6.07) is 3.16. The van der Waals surface area contributed by atoms with E-state index in [0.717, 1.165) is 0 Å². The van der Waals surface area contributed by atoms with E-state index >= 15 is 0 Å². The highest BCUT2D eigenvalue weighted by atomic mass is 35.5. The maximum absolute atomic E-state index is 9.63. The lowest BCUT2D eigenvalue weighted by Crippen LogP contribution is -2.11. The Balaban J connectivity index is 2.90. The van der Waals surface area contributed by atoms with E-state index in [2.05, 4.69) is 9.97 Å². The summed E-state index contributed by atoms with van der Waals surface area (Å²) in [4.78, 5) is 9.97. The number of hydrogen-bond acceptors (Lipinski definition) is 4. The van der Waals surface area contributed by atoms with Crippen molar-refractivity contribution in [3.8, 4) is 5.75 Å². The molecule has 15 heavy (non-hydrogen) atoms. The number of hydrogen-bond donors (Lipinski definition) is 1. The van der Waals surface area contributed by atoms with Gasteiger partial charge in [0, 0.05) is 14.1 Å². The quantitative estimate of drug-likeness (QED) is 0.804. The molecule has 1 aromatic carbocycles. The van der Waals surface area contributed by atoms with Gasteiger partial charge in [0.15, 0.2) is 0 Å². The van der Waals surface area contributed by atoms with Crippen LogP contribution < -0.4 is 4.90 Å². The van der Waals surface area contributed by atoms with E-state index in [4.69, 9.17) is 11.6 Å². The average Bonchev–Trinajstić information content (AvgIpc) is 2.23.